The van der Waals surface area contributed by atoms with E-state index in [9.17, 15) is 20.1 Å². The molecule has 2 aliphatic rings. The van der Waals surface area contributed by atoms with Gasteiger partial charge in [-0.1, -0.05) is 6.07 Å². The summed E-state index contributed by atoms with van der Waals surface area (Å²) in [5.41, 5.74) is 0.781. The number of amides is 1. The zero-order valence-corrected chi connectivity index (χ0v) is 14.5. The van der Waals surface area contributed by atoms with Gasteiger partial charge in [-0.25, -0.2) is 0 Å². The molecule has 0 unspecified atom stereocenters. The van der Waals surface area contributed by atoms with Gasteiger partial charge in [0.15, 0.2) is 11.5 Å². The monoisotopic (exact) mass is 381 g/mol. The Hall–Kier alpha value is -2.17. The number of carbonyl (C=O) groups excluding carboxylic acids is 1. The van der Waals surface area contributed by atoms with Gasteiger partial charge in [-0.05, 0) is 30.2 Å². The molecule has 9 heteroatoms. The number of benzene rings is 1. The number of hydrogen-bond donors (Lipinski definition) is 5. The quantitative estimate of drug-likeness (QED) is 0.387. The summed E-state index contributed by atoms with van der Waals surface area (Å²) in [4.78, 5) is 11.9. The Kier molecular flexibility index (Phi) is 6.30. The van der Waals surface area contributed by atoms with Crippen LogP contribution >= 0.6 is 0 Å². The van der Waals surface area contributed by atoms with E-state index in [0.717, 1.165) is 5.56 Å². The van der Waals surface area contributed by atoms with Gasteiger partial charge in [-0.2, -0.15) is 0 Å². The molecule has 27 heavy (non-hydrogen) atoms. The zero-order valence-electron chi connectivity index (χ0n) is 14.5. The van der Waals surface area contributed by atoms with E-state index in [-0.39, 0.29) is 25.7 Å². The molecule has 0 bridgehead atoms. The number of carbonyl (C=O) groups is 1. The van der Waals surface area contributed by atoms with Gasteiger partial charge in [0.25, 0.3) is 0 Å². The molecule has 1 aromatic carbocycles. The molecule has 3 rings (SSSR count). The Morgan fingerprint density at radius 1 is 1.11 bits per heavy atom. The van der Waals surface area contributed by atoms with Crippen molar-refractivity contribution >= 4 is 12.0 Å². The number of ether oxygens (including phenoxy) is 3. The highest BCUT2D eigenvalue weighted by atomic mass is 16.7. The average molecular weight is 381 g/mol. The first-order valence-electron chi connectivity index (χ1n) is 8.65. The van der Waals surface area contributed by atoms with Crippen LogP contribution in [0.1, 0.15) is 12.0 Å². The summed E-state index contributed by atoms with van der Waals surface area (Å²) in [5, 5.41) is 41.2. The van der Waals surface area contributed by atoms with Crippen molar-refractivity contribution in [3.05, 3.63) is 29.8 Å². The fraction of sp³-hybridized carbons (Fsp3) is 0.500. The van der Waals surface area contributed by atoms with Gasteiger partial charge in [0.2, 0.25) is 12.7 Å². The minimum Gasteiger partial charge on any atom is -0.454 e. The van der Waals surface area contributed by atoms with Crippen LogP contribution in [-0.4, -0.2) is 76.8 Å². The lowest BCUT2D eigenvalue weighted by molar-refractivity contribution is -0.229. The second kappa shape index (κ2) is 8.68. The van der Waals surface area contributed by atoms with Crippen LogP contribution in [0.3, 0.4) is 0 Å². The van der Waals surface area contributed by atoms with E-state index in [1.54, 1.807) is 24.3 Å². The molecule has 1 aromatic rings. The first-order valence-corrected chi connectivity index (χ1v) is 8.65. The maximum atomic E-state index is 11.9. The summed E-state index contributed by atoms with van der Waals surface area (Å²) in [6, 6.07) is 5.32. The van der Waals surface area contributed by atoms with Crippen molar-refractivity contribution in [2.75, 3.05) is 19.9 Å². The van der Waals surface area contributed by atoms with Crippen molar-refractivity contribution in [2.24, 2.45) is 0 Å². The molecule has 0 aliphatic carbocycles. The summed E-state index contributed by atoms with van der Waals surface area (Å²) in [6.07, 6.45) is -2.65. The molecule has 1 fully saturated rings. The van der Waals surface area contributed by atoms with E-state index >= 15 is 0 Å². The molecule has 0 aromatic heterocycles. The van der Waals surface area contributed by atoms with Gasteiger partial charge in [-0.3, -0.25) is 4.79 Å². The predicted molar refractivity (Wildman–Crippen MR) is 93.0 cm³/mol. The number of rotatable bonds is 6. The van der Waals surface area contributed by atoms with Crippen LogP contribution in [0.4, 0.5) is 0 Å². The van der Waals surface area contributed by atoms with Crippen molar-refractivity contribution in [1.82, 2.24) is 5.32 Å². The third-order valence-electron chi connectivity index (χ3n) is 4.54. The lowest BCUT2D eigenvalue weighted by atomic mass is 9.93. The van der Waals surface area contributed by atoms with Crippen LogP contribution in [0, 0.1) is 0 Å². The maximum Gasteiger partial charge on any atom is 0.244 e. The molecule has 9 nitrogen and oxygen atoms in total. The third-order valence-corrected chi connectivity index (χ3v) is 4.54. The molecule has 0 saturated carbocycles. The number of hydrogen-bond acceptors (Lipinski definition) is 8. The molecule has 2 aliphatic heterocycles. The lowest BCUT2D eigenvalue weighted by Crippen LogP contribution is -2.58. The van der Waals surface area contributed by atoms with Crippen LogP contribution in [0.2, 0.25) is 0 Å². The summed E-state index contributed by atoms with van der Waals surface area (Å²) in [5.74, 6) is 0.952. The topological polar surface area (TPSA) is 138 Å². The Bertz CT molecular complexity index is 692. The number of nitrogens with one attached hydrogen (secondary N) is 1. The van der Waals surface area contributed by atoms with E-state index in [1.165, 1.54) is 6.08 Å². The number of aliphatic hydroxyl groups excluding tert-OH is 4. The molecule has 1 amide bonds. The van der Waals surface area contributed by atoms with Crippen molar-refractivity contribution in [1.29, 1.82) is 0 Å². The Morgan fingerprint density at radius 2 is 1.85 bits per heavy atom. The van der Waals surface area contributed by atoms with E-state index in [4.69, 9.17) is 19.3 Å². The largest absolute Gasteiger partial charge is 0.454 e. The van der Waals surface area contributed by atoms with E-state index in [2.05, 4.69) is 5.32 Å². The zero-order chi connectivity index (χ0) is 19.4. The highest BCUT2D eigenvalue weighted by molar-refractivity contribution is 5.91. The van der Waals surface area contributed by atoms with E-state index in [0.29, 0.717) is 11.5 Å². The fourth-order valence-electron chi connectivity index (χ4n) is 3.00. The van der Waals surface area contributed by atoms with Crippen LogP contribution in [0.5, 0.6) is 11.5 Å². The van der Waals surface area contributed by atoms with Gasteiger partial charge >= 0.3 is 0 Å². The Balaban J connectivity index is 1.46. The van der Waals surface area contributed by atoms with Crippen molar-refractivity contribution in [2.45, 2.75) is 36.9 Å². The highest BCUT2D eigenvalue weighted by Crippen LogP contribution is 2.32. The van der Waals surface area contributed by atoms with Crippen LogP contribution < -0.4 is 14.8 Å². The lowest BCUT2D eigenvalue weighted by Gasteiger charge is -2.40. The predicted octanol–water partition coefficient (Wildman–Crippen LogP) is -1.22. The second-order valence-electron chi connectivity index (χ2n) is 6.39. The van der Waals surface area contributed by atoms with Gasteiger partial charge in [-0.15, -0.1) is 0 Å². The molecule has 2 heterocycles. The molecule has 5 atom stereocenters. The van der Waals surface area contributed by atoms with Crippen LogP contribution in [0.15, 0.2) is 24.3 Å². The number of aliphatic hydroxyl groups is 4. The molecular weight excluding hydrogens is 358 g/mol. The SMILES string of the molecule is O=C(/C=C/c1ccc2c(c1)OCO2)NCC[C@H]1O[C@H](CO)[C@H](O)[C@H](O)[C@H]1O. The van der Waals surface area contributed by atoms with Crippen molar-refractivity contribution in [3.8, 4) is 11.5 Å². The van der Waals surface area contributed by atoms with Crippen molar-refractivity contribution < 1.29 is 39.4 Å². The minimum absolute atomic E-state index is 0.181. The van der Waals surface area contributed by atoms with Crippen LogP contribution in [0.25, 0.3) is 6.08 Å². The molecule has 0 radical (unpaired) electrons. The molecule has 148 valence electrons. The first-order chi connectivity index (χ1) is 13.0. The van der Waals surface area contributed by atoms with E-state index in [1.807, 2.05) is 0 Å². The van der Waals surface area contributed by atoms with Gasteiger partial charge in [0.1, 0.15) is 24.4 Å². The molecular formula is C18H23NO8. The van der Waals surface area contributed by atoms with Crippen LogP contribution in [-0.2, 0) is 9.53 Å². The second-order valence-corrected chi connectivity index (χ2v) is 6.39. The summed E-state index contributed by atoms with van der Waals surface area (Å²) >= 11 is 0. The normalized spacial score (nSPS) is 29.9. The molecule has 5 N–H and O–H groups in total. The first kappa shape index (κ1) is 19.6. The smallest absolute Gasteiger partial charge is 0.244 e. The van der Waals surface area contributed by atoms with Crippen molar-refractivity contribution in [3.63, 3.8) is 0 Å². The molecule has 1 saturated heterocycles. The molecule has 0 spiro atoms. The fourth-order valence-corrected chi connectivity index (χ4v) is 3.00. The number of fused-ring (bicyclic) bond motifs is 1. The Labute approximate surface area is 155 Å². The summed E-state index contributed by atoms with van der Waals surface area (Å²) in [6.45, 7) is -0.111. The third kappa shape index (κ3) is 4.57. The van der Waals surface area contributed by atoms with E-state index < -0.39 is 37.1 Å². The van der Waals surface area contributed by atoms with Gasteiger partial charge in [0, 0.05) is 12.6 Å². The highest BCUT2D eigenvalue weighted by Gasteiger charge is 2.42. The minimum atomic E-state index is -1.41. The standard InChI is InChI=1S/C18H23NO8/c20-8-14-17(23)18(24)16(22)12(27-14)5-6-19-15(21)4-2-10-1-3-11-13(7-10)26-9-25-11/h1-4,7,12,14,16-18,20,22-24H,5-6,8-9H2,(H,19,21)/b4-2+/t12-,14-,16+,17+,18-/m1/s1. The van der Waals surface area contributed by atoms with Gasteiger partial charge < -0.3 is 40.0 Å². The maximum absolute atomic E-state index is 11.9. The van der Waals surface area contributed by atoms with Gasteiger partial charge in [0.05, 0.1) is 12.7 Å². The summed E-state index contributed by atoms with van der Waals surface area (Å²) in [7, 11) is 0. The average Bonchev–Trinajstić information content (AvgIpc) is 3.14. The Morgan fingerprint density at radius 3 is 2.63 bits per heavy atom. The summed E-state index contributed by atoms with van der Waals surface area (Å²) < 4.78 is 15.9.